The molecule has 26 heavy (non-hydrogen) atoms. The number of carbonyl (C=O) groups is 1. The van der Waals surface area contributed by atoms with E-state index in [9.17, 15) is 4.79 Å². The van der Waals surface area contributed by atoms with Gasteiger partial charge >= 0.3 is 0 Å². The lowest BCUT2D eigenvalue weighted by atomic mass is 10.1. The number of amides is 1. The lowest BCUT2D eigenvalue weighted by Gasteiger charge is -2.18. The topological polar surface area (TPSA) is 50.8 Å². The van der Waals surface area contributed by atoms with Gasteiger partial charge in [-0.25, -0.2) is 0 Å². The molecule has 2 aromatic carbocycles. The summed E-state index contributed by atoms with van der Waals surface area (Å²) >= 11 is 3.47. The van der Waals surface area contributed by atoms with Crippen LogP contribution in [-0.4, -0.2) is 45.2 Å². The van der Waals surface area contributed by atoms with Gasteiger partial charge in [0, 0.05) is 23.1 Å². The van der Waals surface area contributed by atoms with Crippen molar-refractivity contribution in [2.75, 3.05) is 34.4 Å². The number of hydrogen-bond acceptors (Lipinski definition) is 4. The van der Waals surface area contributed by atoms with Crippen molar-refractivity contribution in [2.45, 2.75) is 13.0 Å². The van der Waals surface area contributed by atoms with Gasteiger partial charge in [0.2, 0.25) is 5.91 Å². The number of halogens is 1. The minimum atomic E-state index is 0.00924. The van der Waals surface area contributed by atoms with Gasteiger partial charge in [0.15, 0.2) is 0 Å². The molecule has 0 aromatic heterocycles. The van der Waals surface area contributed by atoms with E-state index < -0.39 is 0 Å². The molecule has 0 bridgehead atoms. The molecule has 2 rings (SSSR count). The molecule has 0 unspecified atom stereocenters. The van der Waals surface area contributed by atoms with Crippen LogP contribution in [0.25, 0.3) is 0 Å². The van der Waals surface area contributed by atoms with Crippen molar-refractivity contribution in [3.8, 4) is 11.5 Å². The van der Waals surface area contributed by atoms with Crippen LogP contribution in [0.5, 0.6) is 11.5 Å². The van der Waals surface area contributed by atoms with Gasteiger partial charge in [0.05, 0.1) is 20.8 Å². The standard InChI is InChI=1S/C20H25BrN2O3/c1-23(13-16-12-17(21)6-9-19(16)26-3)14-20(24)22-11-10-15-4-7-18(25-2)8-5-15/h4-9,12H,10-11,13-14H2,1-3H3,(H,22,24). The van der Waals surface area contributed by atoms with Crippen molar-refractivity contribution < 1.29 is 14.3 Å². The molecule has 2 aromatic rings. The Hall–Kier alpha value is -2.05. The smallest absolute Gasteiger partial charge is 0.234 e. The number of ether oxygens (including phenoxy) is 2. The number of rotatable bonds is 9. The summed E-state index contributed by atoms with van der Waals surface area (Å²) in [6.45, 7) is 1.58. The molecule has 0 atom stereocenters. The lowest BCUT2D eigenvalue weighted by molar-refractivity contribution is -0.122. The largest absolute Gasteiger partial charge is 0.497 e. The molecule has 140 valence electrons. The van der Waals surface area contributed by atoms with Crippen molar-refractivity contribution in [3.63, 3.8) is 0 Å². The summed E-state index contributed by atoms with van der Waals surface area (Å²) in [7, 11) is 5.22. The number of nitrogens with one attached hydrogen (secondary N) is 1. The highest BCUT2D eigenvalue weighted by Crippen LogP contribution is 2.23. The first kappa shape index (κ1) is 20.3. The van der Waals surface area contributed by atoms with E-state index >= 15 is 0 Å². The molecular weight excluding hydrogens is 396 g/mol. The van der Waals surface area contributed by atoms with Gasteiger partial charge in [0.25, 0.3) is 0 Å². The predicted molar refractivity (Wildman–Crippen MR) is 107 cm³/mol. The Morgan fingerprint density at radius 2 is 1.85 bits per heavy atom. The summed E-state index contributed by atoms with van der Waals surface area (Å²) in [6, 6.07) is 13.7. The molecule has 1 amide bonds. The first-order chi connectivity index (χ1) is 12.5. The Kier molecular flexibility index (Phi) is 7.94. The highest BCUT2D eigenvalue weighted by atomic mass is 79.9. The summed E-state index contributed by atoms with van der Waals surface area (Å²) in [5.41, 5.74) is 2.20. The van der Waals surface area contributed by atoms with Crippen LogP contribution in [0.1, 0.15) is 11.1 Å². The highest BCUT2D eigenvalue weighted by Gasteiger charge is 2.10. The summed E-state index contributed by atoms with van der Waals surface area (Å²) in [6.07, 6.45) is 0.791. The summed E-state index contributed by atoms with van der Waals surface area (Å²) in [4.78, 5) is 14.1. The third-order valence-corrected chi connectivity index (χ3v) is 4.48. The first-order valence-electron chi connectivity index (χ1n) is 8.42. The molecule has 0 heterocycles. The van der Waals surface area contributed by atoms with Gasteiger partial charge in [0.1, 0.15) is 11.5 Å². The summed E-state index contributed by atoms with van der Waals surface area (Å²) in [5, 5.41) is 2.96. The van der Waals surface area contributed by atoms with Crippen LogP contribution in [0.4, 0.5) is 0 Å². The van der Waals surface area contributed by atoms with Crippen molar-refractivity contribution in [3.05, 3.63) is 58.1 Å². The second-order valence-corrected chi connectivity index (χ2v) is 6.99. The fourth-order valence-corrected chi connectivity index (χ4v) is 3.07. The molecule has 0 saturated carbocycles. The Balaban J connectivity index is 1.77. The average molecular weight is 421 g/mol. The van der Waals surface area contributed by atoms with Crippen LogP contribution >= 0.6 is 15.9 Å². The van der Waals surface area contributed by atoms with E-state index in [1.54, 1.807) is 14.2 Å². The van der Waals surface area contributed by atoms with Crippen molar-refractivity contribution in [1.29, 1.82) is 0 Å². The van der Waals surface area contributed by atoms with E-state index in [4.69, 9.17) is 9.47 Å². The van der Waals surface area contributed by atoms with E-state index in [2.05, 4.69) is 21.2 Å². The monoisotopic (exact) mass is 420 g/mol. The predicted octanol–water partition coefficient (Wildman–Crippen LogP) is 3.26. The van der Waals surface area contributed by atoms with E-state index in [1.807, 2.05) is 54.4 Å². The second kappa shape index (κ2) is 10.2. The first-order valence-corrected chi connectivity index (χ1v) is 9.21. The zero-order valence-electron chi connectivity index (χ0n) is 15.4. The number of likely N-dealkylation sites (N-methyl/N-ethyl adjacent to an activating group) is 1. The number of nitrogens with zero attached hydrogens (tertiary/aromatic N) is 1. The van der Waals surface area contributed by atoms with E-state index in [-0.39, 0.29) is 5.91 Å². The maximum absolute atomic E-state index is 12.1. The Morgan fingerprint density at radius 3 is 2.50 bits per heavy atom. The average Bonchev–Trinajstić information content (AvgIpc) is 2.62. The molecular formula is C20H25BrN2O3. The maximum Gasteiger partial charge on any atom is 0.234 e. The molecule has 1 N–H and O–H groups in total. The number of methoxy groups -OCH3 is 2. The van der Waals surface area contributed by atoms with Gasteiger partial charge in [-0.3, -0.25) is 9.69 Å². The fourth-order valence-electron chi connectivity index (χ4n) is 2.66. The van der Waals surface area contributed by atoms with Gasteiger partial charge in [-0.2, -0.15) is 0 Å². The molecule has 0 aliphatic carbocycles. The molecule has 5 nitrogen and oxygen atoms in total. The molecule has 0 aliphatic rings. The molecule has 0 fully saturated rings. The van der Waals surface area contributed by atoms with Gasteiger partial charge in [-0.05, 0) is 49.4 Å². The summed E-state index contributed by atoms with van der Waals surface area (Å²) < 4.78 is 11.5. The van der Waals surface area contributed by atoms with Crippen LogP contribution < -0.4 is 14.8 Å². The van der Waals surface area contributed by atoms with Gasteiger partial charge in [-0.1, -0.05) is 28.1 Å². The van der Waals surface area contributed by atoms with Crippen molar-refractivity contribution in [1.82, 2.24) is 10.2 Å². The fraction of sp³-hybridized carbons (Fsp3) is 0.350. The molecule has 0 spiro atoms. The normalized spacial score (nSPS) is 10.7. The minimum Gasteiger partial charge on any atom is -0.497 e. The zero-order chi connectivity index (χ0) is 18.9. The molecule has 0 saturated heterocycles. The quantitative estimate of drug-likeness (QED) is 0.676. The second-order valence-electron chi connectivity index (χ2n) is 6.08. The minimum absolute atomic E-state index is 0.00924. The number of carbonyl (C=O) groups excluding carboxylic acids is 1. The van der Waals surface area contributed by atoms with Crippen molar-refractivity contribution in [2.24, 2.45) is 0 Å². The van der Waals surface area contributed by atoms with E-state index in [0.717, 1.165) is 28.0 Å². The number of hydrogen-bond donors (Lipinski definition) is 1. The van der Waals surface area contributed by atoms with Gasteiger partial charge in [-0.15, -0.1) is 0 Å². The van der Waals surface area contributed by atoms with Gasteiger partial charge < -0.3 is 14.8 Å². The summed E-state index contributed by atoms with van der Waals surface area (Å²) in [5.74, 6) is 1.66. The van der Waals surface area contributed by atoms with E-state index in [1.165, 1.54) is 5.56 Å². The van der Waals surface area contributed by atoms with Crippen LogP contribution in [-0.2, 0) is 17.8 Å². The van der Waals surface area contributed by atoms with Crippen LogP contribution in [0.2, 0.25) is 0 Å². The SMILES string of the molecule is COc1ccc(CCNC(=O)CN(C)Cc2cc(Br)ccc2OC)cc1. The Labute approximate surface area is 163 Å². The highest BCUT2D eigenvalue weighted by molar-refractivity contribution is 9.10. The Bertz CT molecular complexity index is 719. The Morgan fingerprint density at radius 1 is 1.12 bits per heavy atom. The zero-order valence-corrected chi connectivity index (χ0v) is 17.0. The maximum atomic E-state index is 12.1. The van der Waals surface area contributed by atoms with Crippen LogP contribution in [0.3, 0.4) is 0 Å². The van der Waals surface area contributed by atoms with Crippen LogP contribution in [0, 0.1) is 0 Å². The lowest BCUT2D eigenvalue weighted by Crippen LogP contribution is -2.35. The molecule has 0 aliphatic heterocycles. The molecule has 6 heteroatoms. The van der Waals surface area contributed by atoms with Crippen LogP contribution in [0.15, 0.2) is 46.9 Å². The van der Waals surface area contributed by atoms with Crippen molar-refractivity contribution >= 4 is 21.8 Å². The third kappa shape index (κ3) is 6.35. The third-order valence-electron chi connectivity index (χ3n) is 3.99. The molecule has 0 radical (unpaired) electrons. The number of benzene rings is 2. The van der Waals surface area contributed by atoms with E-state index in [0.29, 0.717) is 19.6 Å².